The van der Waals surface area contributed by atoms with Gasteiger partial charge in [-0.3, -0.25) is 95.9 Å². The first-order chi connectivity index (χ1) is 59.4. The number of aliphatic carboxylic acids is 2. The summed E-state index contributed by atoms with van der Waals surface area (Å²) < 4.78 is 0. The lowest BCUT2D eigenvalue weighted by atomic mass is 9.95. The Morgan fingerprint density at radius 2 is 1.06 bits per heavy atom. The Morgan fingerprint density at radius 3 is 1.61 bits per heavy atom. The number of carboxylic acids is 2. The summed E-state index contributed by atoms with van der Waals surface area (Å²) in [6.07, 6.45) is -1.81. The quantitative estimate of drug-likeness (QED) is 0.0504. The summed E-state index contributed by atoms with van der Waals surface area (Å²) in [6, 6.07) is 5.65. The van der Waals surface area contributed by atoms with Crippen molar-refractivity contribution in [2.75, 3.05) is 83.6 Å². The third kappa shape index (κ3) is 31.4. The zero-order valence-electron chi connectivity index (χ0n) is 70.2. The third-order valence-corrected chi connectivity index (χ3v) is 23.1. The van der Waals surface area contributed by atoms with Gasteiger partial charge in [0.25, 0.3) is 0 Å². The predicted octanol–water partition coefficient (Wildman–Crippen LogP) is -3.04. The second-order valence-corrected chi connectivity index (χ2v) is 32.8. The number of primary amides is 1. The molecule has 3 aromatic rings. The average Bonchev–Trinajstić information content (AvgIpc) is 1.47. The van der Waals surface area contributed by atoms with E-state index in [-0.39, 0.29) is 133 Å². The summed E-state index contributed by atoms with van der Waals surface area (Å²) in [6.45, 7) is 1.15. The number of benzene rings is 3. The molecule has 4 fully saturated rings. The lowest BCUT2D eigenvalue weighted by molar-refractivity contribution is -0.158. The van der Waals surface area contributed by atoms with Crippen molar-refractivity contribution in [2.45, 2.75) is 190 Å². The fourth-order valence-corrected chi connectivity index (χ4v) is 16.2. The topological polar surface area (TPSA) is 588 Å². The number of hydrogen-bond acceptors (Lipinski definition) is 24. The van der Waals surface area contributed by atoms with Crippen molar-refractivity contribution in [3.05, 3.63) is 95.6 Å². The Bertz CT molecular complexity index is 4420. The maximum absolute atomic E-state index is 15.0. The molecule has 7 rings (SSSR count). The fraction of sp³-hybridized carbons (Fsp3) is 0.537. The molecule has 0 saturated carbocycles. The molecule has 17 amide bonds. The molecule has 41 nitrogen and oxygen atoms in total. The number of phenols is 2. The normalized spacial score (nSPS) is 23.6. The molecule has 43 heteroatoms. The molecule has 680 valence electrons. The Morgan fingerprint density at radius 1 is 0.544 bits per heavy atom. The van der Waals surface area contributed by atoms with E-state index in [1.165, 1.54) is 75.1 Å². The summed E-state index contributed by atoms with van der Waals surface area (Å²) in [7, 11) is 0. The number of phenolic OH excluding ortho intramolecular Hbond substituents is 2. The van der Waals surface area contributed by atoms with E-state index < -0.39 is 242 Å². The molecule has 11 atom stereocenters. The van der Waals surface area contributed by atoms with Gasteiger partial charge in [0, 0.05) is 76.8 Å². The van der Waals surface area contributed by atoms with Gasteiger partial charge in [0.2, 0.25) is 100 Å². The molecule has 4 saturated heterocycles. The number of carboxylic acid groups (broad SMARTS) is 2. The molecule has 4 aliphatic heterocycles. The first-order valence-electron chi connectivity index (χ1n) is 41.0. The summed E-state index contributed by atoms with van der Waals surface area (Å²) in [5.41, 5.74) is 6.96. The molecule has 0 radical (unpaired) electrons. The number of thioether (sulfide) groups is 2. The SMILES string of the molecule is CCCN1CC(=O)N[C@@H](Cc2ccc(O)cc2)C(=O)NCC(=O)C(CC)CCC(=O)N2CN(CN(C(=O)CSC)C2)C(=O)CCC(SCC(NC(C)=O)C(N)=O)C(=O)N2CCC[C@H]2C(=O)N[C@@H](CCC(=O)O)C(=O)NCC(=O)N2CCC[C@H]2C(=O)N[C@@H](Cc2ccc(O)cc2)C(=O)NCC(=O)N[C@@H](Cc2ccccc2)C(=O)N[C@@H](C)C(=O)N[C@@H](CC(=O)O)C1=O. The number of nitrogens with zero attached hydrogens (tertiary/aromatic N) is 6. The Kier molecular flexibility index (Phi) is 39.2. The fourth-order valence-electron chi connectivity index (χ4n) is 14.5. The number of fused-ring (bicyclic) bond motifs is 4. The van der Waals surface area contributed by atoms with Gasteiger partial charge in [-0.05, 0) is 112 Å². The molecule has 4 aliphatic rings. The van der Waals surface area contributed by atoms with E-state index in [4.69, 9.17) is 5.73 Å². The minimum atomic E-state index is -1.89. The highest BCUT2D eigenvalue weighted by Crippen LogP contribution is 2.29. The maximum Gasteiger partial charge on any atom is 0.305 e. The second kappa shape index (κ2) is 49.2. The van der Waals surface area contributed by atoms with E-state index in [1.807, 2.05) is 0 Å². The van der Waals surface area contributed by atoms with Crippen LogP contribution in [0.15, 0.2) is 78.9 Å². The highest BCUT2D eigenvalue weighted by Gasteiger charge is 2.43. The van der Waals surface area contributed by atoms with E-state index in [0.29, 0.717) is 16.7 Å². The van der Waals surface area contributed by atoms with Gasteiger partial charge in [0.15, 0.2) is 5.78 Å². The van der Waals surface area contributed by atoms with Crippen LogP contribution >= 0.6 is 23.5 Å². The van der Waals surface area contributed by atoms with Gasteiger partial charge in [0.1, 0.15) is 65.9 Å². The molecule has 16 N–H and O–H groups in total. The number of aromatic hydroxyl groups is 2. The van der Waals surface area contributed by atoms with Crippen molar-refractivity contribution in [3.63, 3.8) is 0 Å². The van der Waals surface area contributed by atoms with Crippen LogP contribution in [0.2, 0.25) is 0 Å². The van der Waals surface area contributed by atoms with Crippen LogP contribution in [-0.2, 0) is 115 Å². The smallest absolute Gasteiger partial charge is 0.305 e. The zero-order valence-corrected chi connectivity index (χ0v) is 71.8. The molecule has 0 spiro atoms. The highest BCUT2D eigenvalue weighted by atomic mass is 32.2. The van der Waals surface area contributed by atoms with Gasteiger partial charge >= 0.3 is 11.9 Å². The van der Waals surface area contributed by atoms with Crippen LogP contribution in [0.5, 0.6) is 11.5 Å². The van der Waals surface area contributed by atoms with Crippen LogP contribution in [0.4, 0.5) is 0 Å². The van der Waals surface area contributed by atoms with Crippen molar-refractivity contribution >= 4 is 142 Å². The number of carbonyl (C=O) groups is 20. The molecule has 0 aliphatic carbocycles. The molecule has 3 aromatic carbocycles. The van der Waals surface area contributed by atoms with E-state index in [1.54, 1.807) is 50.4 Å². The first kappa shape index (κ1) is 99.7. The Labute approximate surface area is 729 Å². The van der Waals surface area contributed by atoms with Crippen LogP contribution in [0.25, 0.3) is 0 Å². The molecule has 3 unspecified atom stereocenters. The van der Waals surface area contributed by atoms with Crippen LogP contribution in [0.3, 0.4) is 0 Å². The van der Waals surface area contributed by atoms with Crippen LogP contribution in [-0.4, -0.2) is 311 Å². The number of nitrogens with one attached hydrogen (secondary N) is 10. The second-order valence-electron chi connectivity index (χ2n) is 30.7. The predicted molar refractivity (Wildman–Crippen MR) is 449 cm³/mol. The number of rotatable bonds is 21. The first-order valence-corrected chi connectivity index (χ1v) is 43.5. The monoisotopic (exact) mass is 1780 g/mol. The van der Waals surface area contributed by atoms with E-state index in [9.17, 15) is 112 Å². The van der Waals surface area contributed by atoms with Crippen LogP contribution in [0.1, 0.15) is 128 Å². The standard InChI is InChI=1S/C82H111N17O24S2/c1-6-31-94-41-66(105)90-56(35-50-17-22-53(101)23-18-50)76(117)84-38-63(103)52(7-2)21-28-67(106)95-44-96(46-97(45-95)70(109)43-124-5)68(107)29-27-64(125-42-60(73(83)114)88-48(4)100)82(123)99-33-12-16-62(99)80(121)91-55(26-30-71(110)111)75(116)86-40-69(108)98-32-11-15-61(98)79(120)92-57(36-51-19-24-54(102)25-20-51)77(118)85-39-65(104)89-58(34-49-13-9-8-10-14-49)78(119)87-47(3)74(115)93-59(81(94)122)37-72(112)113/h8-10,13-14,17-20,22-25,47,52,55-62,64,101-102H,6-7,11-12,15-16,21,26-46H2,1-5H3,(H2,83,114)(H,84,117)(H,85,118)(H,86,116)(H,87,119)(H,88,100)(H,89,104)(H,90,105)(H,91,121)(H,92,120)(H,93,115)(H,110,111)(H,112,113)/t47-,52?,55-,56-,57-,58-,59-,60?,61-,62-,64?/m0/s1. The number of Topliss-reactive ketones (excluding diaryl/α,β-unsaturated/α-hetero) is 1. The molecular weight excluding hydrogens is 1670 g/mol. The summed E-state index contributed by atoms with van der Waals surface area (Å²) >= 11 is 1.98. The van der Waals surface area contributed by atoms with Crippen molar-refractivity contribution in [3.8, 4) is 11.5 Å². The Hall–Kier alpha value is -12.4. The van der Waals surface area contributed by atoms with Gasteiger partial charge in [-0.2, -0.15) is 11.8 Å². The van der Waals surface area contributed by atoms with Gasteiger partial charge in [-0.25, -0.2) is 0 Å². The summed E-state index contributed by atoms with van der Waals surface area (Å²) in [5, 5.41) is 63.7. The largest absolute Gasteiger partial charge is 0.508 e. The minimum absolute atomic E-state index is 0.00335. The van der Waals surface area contributed by atoms with Crippen molar-refractivity contribution < 1.29 is 116 Å². The maximum atomic E-state index is 15.0. The number of ketones is 1. The zero-order chi connectivity index (χ0) is 91.7. The van der Waals surface area contributed by atoms with Gasteiger partial charge in [-0.15, -0.1) is 11.8 Å². The van der Waals surface area contributed by atoms with Gasteiger partial charge in [-0.1, -0.05) is 68.4 Å². The third-order valence-electron chi connectivity index (χ3n) is 21.2. The lowest BCUT2D eigenvalue weighted by Crippen LogP contribution is -2.60. The van der Waals surface area contributed by atoms with Gasteiger partial charge < -0.3 is 109 Å². The molecule has 0 aromatic heterocycles. The number of amides is 17. The number of hydrogen-bond donors (Lipinski definition) is 15. The highest BCUT2D eigenvalue weighted by molar-refractivity contribution is 8.00. The minimum Gasteiger partial charge on any atom is -0.508 e. The van der Waals surface area contributed by atoms with Crippen molar-refractivity contribution in [1.29, 1.82) is 0 Å². The lowest BCUT2D eigenvalue weighted by Gasteiger charge is -2.42. The summed E-state index contributed by atoms with van der Waals surface area (Å²) in [5.74, 6) is -19.9. The van der Waals surface area contributed by atoms with E-state index in [0.717, 1.165) is 40.2 Å². The molecule has 2 bridgehead atoms. The van der Waals surface area contributed by atoms with Gasteiger partial charge in [0.05, 0.1) is 63.6 Å². The average molecular weight is 1780 g/mol. The van der Waals surface area contributed by atoms with Crippen LogP contribution in [0, 0.1) is 5.92 Å². The summed E-state index contributed by atoms with van der Waals surface area (Å²) in [4.78, 5) is 285. The van der Waals surface area contributed by atoms with E-state index in [2.05, 4.69) is 53.2 Å². The van der Waals surface area contributed by atoms with Crippen molar-refractivity contribution in [2.24, 2.45) is 11.7 Å². The molecular formula is C82H111N17O24S2. The van der Waals surface area contributed by atoms with E-state index >= 15 is 4.79 Å². The Balaban J connectivity index is 1.20. The number of nitrogens with two attached hydrogens (primary N) is 1. The van der Waals surface area contributed by atoms with Crippen molar-refractivity contribution in [1.82, 2.24) is 82.6 Å². The molecule has 125 heavy (non-hydrogen) atoms. The van der Waals surface area contributed by atoms with Crippen LogP contribution < -0.4 is 58.9 Å². The molecule has 4 heterocycles. The number of carbonyl (C=O) groups excluding carboxylic acids is 18.